The molecule has 2 aromatic carbocycles. The minimum atomic E-state index is -4.45. The van der Waals surface area contributed by atoms with Crippen molar-refractivity contribution in [1.82, 2.24) is 25.2 Å². The van der Waals surface area contributed by atoms with Gasteiger partial charge in [0, 0.05) is 22.6 Å². The lowest BCUT2D eigenvalue weighted by atomic mass is 9.85. The summed E-state index contributed by atoms with van der Waals surface area (Å²) < 4.78 is 50.5. The van der Waals surface area contributed by atoms with Gasteiger partial charge in [0.25, 0.3) is 0 Å². The Bertz CT molecular complexity index is 1250. The van der Waals surface area contributed by atoms with E-state index in [0.717, 1.165) is 28.2 Å². The van der Waals surface area contributed by atoms with Gasteiger partial charge in [-0.1, -0.05) is 17.3 Å². The van der Waals surface area contributed by atoms with E-state index in [1.807, 2.05) is 18.2 Å². The van der Waals surface area contributed by atoms with Crippen LogP contribution in [0.4, 0.5) is 19.0 Å². The van der Waals surface area contributed by atoms with Gasteiger partial charge in [0.15, 0.2) is 5.82 Å². The van der Waals surface area contributed by atoms with E-state index in [-0.39, 0.29) is 5.92 Å². The van der Waals surface area contributed by atoms with Crippen LogP contribution in [0.1, 0.15) is 29.0 Å². The molecular weight excluding hydrogens is 453 g/mol. The molecule has 1 atom stereocenters. The van der Waals surface area contributed by atoms with Crippen molar-refractivity contribution in [3.8, 4) is 11.4 Å². The van der Waals surface area contributed by atoms with Gasteiger partial charge in [-0.15, -0.1) is 10.2 Å². The number of nitrogens with one attached hydrogen (secondary N) is 1. The Morgan fingerprint density at radius 3 is 2.67 bits per heavy atom. The quantitative estimate of drug-likeness (QED) is 0.406. The topological polar surface area (TPSA) is 77.8 Å². The molecule has 1 unspecified atom stereocenters. The first-order chi connectivity index (χ1) is 16.0. The normalized spacial score (nSPS) is 15.5. The largest absolute Gasteiger partial charge is 0.493 e. The minimum absolute atomic E-state index is 0.151. The molecular formula is C22H17F3N6OS. The number of hydrogen-bond donors (Lipinski definition) is 1. The number of halogens is 3. The Kier molecular flexibility index (Phi) is 5.63. The molecule has 1 aliphatic heterocycles. The molecule has 0 bridgehead atoms. The molecule has 4 aromatic rings. The highest BCUT2D eigenvalue weighted by Gasteiger charge is 2.33. The molecule has 11 heteroatoms. The van der Waals surface area contributed by atoms with Crippen LogP contribution in [-0.4, -0.2) is 31.8 Å². The number of aromatic nitrogens is 5. The molecule has 0 spiro atoms. The number of nitrogens with zero attached hydrogens (tertiary/aromatic N) is 5. The monoisotopic (exact) mass is 470 g/mol. The SMILES string of the molecule is FC(F)(F)c1ccc(C2CCOc3cc(SNc4cccnn4)ccc32)c(-n2ccnn2)c1. The Hall–Kier alpha value is -3.60. The molecule has 0 saturated carbocycles. The number of fused-ring (bicyclic) bond motifs is 1. The lowest BCUT2D eigenvalue weighted by molar-refractivity contribution is -0.137. The zero-order valence-corrected chi connectivity index (χ0v) is 17.8. The van der Waals surface area contributed by atoms with E-state index in [2.05, 4.69) is 25.2 Å². The summed E-state index contributed by atoms with van der Waals surface area (Å²) in [6.07, 6.45) is 0.748. The third-order valence-corrected chi connectivity index (χ3v) is 6.07. The van der Waals surface area contributed by atoms with Crippen molar-refractivity contribution < 1.29 is 17.9 Å². The van der Waals surface area contributed by atoms with Crippen LogP contribution >= 0.6 is 11.9 Å². The summed E-state index contributed by atoms with van der Waals surface area (Å²) in [4.78, 5) is 0.906. The van der Waals surface area contributed by atoms with E-state index in [9.17, 15) is 13.2 Å². The fraction of sp³-hybridized carbons (Fsp3) is 0.182. The van der Waals surface area contributed by atoms with Gasteiger partial charge < -0.3 is 9.46 Å². The smallest absolute Gasteiger partial charge is 0.416 e. The van der Waals surface area contributed by atoms with Crippen LogP contribution in [0.2, 0.25) is 0 Å². The van der Waals surface area contributed by atoms with Gasteiger partial charge in [-0.2, -0.15) is 18.3 Å². The molecule has 168 valence electrons. The zero-order valence-electron chi connectivity index (χ0n) is 17.0. The highest BCUT2D eigenvalue weighted by Crippen LogP contribution is 2.43. The van der Waals surface area contributed by atoms with Gasteiger partial charge in [-0.05, 0) is 60.3 Å². The van der Waals surface area contributed by atoms with Crippen molar-refractivity contribution in [2.24, 2.45) is 0 Å². The number of rotatable bonds is 5. The van der Waals surface area contributed by atoms with Gasteiger partial charge in [0.2, 0.25) is 0 Å². The molecule has 2 aromatic heterocycles. The first-order valence-corrected chi connectivity index (χ1v) is 10.9. The van der Waals surface area contributed by atoms with Crippen LogP contribution in [0.25, 0.3) is 5.69 Å². The van der Waals surface area contributed by atoms with Crippen LogP contribution < -0.4 is 9.46 Å². The van der Waals surface area contributed by atoms with Crippen LogP contribution in [0.5, 0.6) is 5.75 Å². The molecule has 33 heavy (non-hydrogen) atoms. The van der Waals surface area contributed by atoms with Gasteiger partial charge in [-0.3, -0.25) is 0 Å². The third-order valence-electron chi connectivity index (χ3n) is 5.27. The first kappa shape index (κ1) is 21.3. The van der Waals surface area contributed by atoms with Crippen LogP contribution in [0.3, 0.4) is 0 Å². The second kappa shape index (κ2) is 8.74. The molecule has 0 fully saturated rings. The summed E-state index contributed by atoms with van der Waals surface area (Å²) in [6, 6.07) is 13.1. The zero-order chi connectivity index (χ0) is 22.8. The second-order valence-corrected chi connectivity index (χ2v) is 8.20. The minimum Gasteiger partial charge on any atom is -0.493 e. The van der Waals surface area contributed by atoms with Crippen molar-refractivity contribution >= 4 is 17.8 Å². The number of alkyl halides is 3. The van der Waals surface area contributed by atoms with E-state index < -0.39 is 11.7 Å². The van der Waals surface area contributed by atoms with Crippen molar-refractivity contribution in [3.05, 3.63) is 83.8 Å². The van der Waals surface area contributed by atoms with Gasteiger partial charge in [-0.25, -0.2) is 4.68 Å². The van der Waals surface area contributed by atoms with Crippen molar-refractivity contribution in [2.45, 2.75) is 23.4 Å². The van der Waals surface area contributed by atoms with Crippen molar-refractivity contribution in [3.63, 3.8) is 0 Å². The maximum absolute atomic E-state index is 13.4. The Morgan fingerprint density at radius 1 is 1.03 bits per heavy atom. The third kappa shape index (κ3) is 4.49. The van der Waals surface area contributed by atoms with E-state index in [0.29, 0.717) is 30.3 Å². The average Bonchev–Trinajstić information content (AvgIpc) is 3.37. The predicted molar refractivity (Wildman–Crippen MR) is 116 cm³/mol. The Labute approximate surface area is 191 Å². The molecule has 5 rings (SSSR count). The summed E-state index contributed by atoms with van der Waals surface area (Å²) in [5.74, 6) is 1.17. The predicted octanol–water partition coefficient (Wildman–Crippen LogP) is 5.11. The van der Waals surface area contributed by atoms with Gasteiger partial charge >= 0.3 is 6.18 Å². The van der Waals surface area contributed by atoms with E-state index >= 15 is 0 Å². The molecule has 0 aliphatic carbocycles. The highest BCUT2D eigenvalue weighted by molar-refractivity contribution is 8.00. The van der Waals surface area contributed by atoms with Gasteiger partial charge in [0.1, 0.15) is 5.75 Å². The molecule has 1 N–H and O–H groups in total. The number of hydrogen-bond acceptors (Lipinski definition) is 7. The standard InChI is InChI=1S/C22H17F3N6OS/c23-22(24,25)14-3-5-17(19(12-14)31-10-9-27-30-31)16-7-11-32-20-13-15(4-6-18(16)20)33-29-21-2-1-8-26-28-21/h1-6,8-10,12-13,16H,7,11H2,(H,28,29). The van der Waals surface area contributed by atoms with E-state index in [1.54, 1.807) is 18.3 Å². The number of benzene rings is 2. The summed E-state index contributed by atoms with van der Waals surface area (Å²) in [7, 11) is 0. The Balaban J connectivity index is 1.48. The van der Waals surface area contributed by atoms with Crippen LogP contribution in [-0.2, 0) is 6.18 Å². The van der Waals surface area contributed by atoms with Crippen molar-refractivity contribution in [2.75, 3.05) is 11.3 Å². The fourth-order valence-electron chi connectivity index (χ4n) is 3.77. The van der Waals surface area contributed by atoms with Crippen LogP contribution in [0.15, 0.2) is 72.0 Å². The number of ether oxygens (including phenoxy) is 1. The lowest BCUT2D eigenvalue weighted by Crippen LogP contribution is -2.18. The lowest BCUT2D eigenvalue weighted by Gasteiger charge is -2.28. The van der Waals surface area contributed by atoms with Crippen LogP contribution in [0, 0.1) is 0 Å². The molecule has 0 amide bonds. The maximum Gasteiger partial charge on any atom is 0.416 e. The van der Waals surface area contributed by atoms with Crippen molar-refractivity contribution in [1.29, 1.82) is 0 Å². The van der Waals surface area contributed by atoms with E-state index in [4.69, 9.17) is 4.74 Å². The average molecular weight is 470 g/mol. The summed E-state index contributed by atoms with van der Waals surface area (Å²) in [6.45, 7) is 0.446. The summed E-state index contributed by atoms with van der Waals surface area (Å²) in [5, 5.41) is 15.5. The molecule has 7 nitrogen and oxygen atoms in total. The van der Waals surface area contributed by atoms with E-state index in [1.165, 1.54) is 35.1 Å². The van der Waals surface area contributed by atoms with Gasteiger partial charge in [0.05, 0.1) is 30.3 Å². The molecule has 0 radical (unpaired) electrons. The summed E-state index contributed by atoms with van der Waals surface area (Å²) >= 11 is 1.37. The Morgan fingerprint density at radius 2 is 1.91 bits per heavy atom. The molecule has 1 aliphatic rings. The summed E-state index contributed by atoms with van der Waals surface area (Å²) in [5.41, 5.74) is 1.26. The maximum atomic E-state index is 13.4. The second-order valence-electron chi connectivity index (χ2n) is 7.32. The first-order valence-electron chi connectivity index (χ1n) is 10.0. The highest BCUT2D eigenvalue weighted by atomic mass is 32.2. The molecule has 0 saturated heterocycles. The fourth-order valence-corrected chi connectivity index (χ4v) is 4.41. The number of anilines is 1. The molecule has 3 heterocycles.